The van der Waals surface area contributed by atoms with Crippen LogP contribution < -0.4 is 4.72 Å². The fourth-order valence-corrected chi connectivity index (χ4v) is 3.37. The summed E-state index contributed by atoms with van der Waals surface area (Å²) in [6.07, 6.45) is -0.477. The molecule has 0 aliphatic heterocycles. The van der Waals surface area contributed by atoms with Crippen molar-refractivity contribution in [2.24, 2.45) is 0 Å². The maximum Gasteiger partial charge on any atom is 0.324 e. The number of nitrogens with one attached hydrogen (secondary N) is 1. The minimum absolute atomic E-state index is 0.0457. The summed E-state index contributed by atoms with van der Waals surface area (Å²) >= 11 is 5.78. The highest BCUT2D eigenvalue weighted by Crippen LogP contribution is 2.20. The topological polar surface area (TPSA) is 98.8 Å². The van der Waals surface area contributed by atoms with Crippen LogP contribution in [0.4, 0.5) is 0 Å². The smallest absolute Gasteiger partial charge is 0.324 e. The standard InChI is InChI=1S/C13H16ClNO6S/c1-8-6-9(14)4-5-11(8)22(18,19)15-10(13(17)21-3)7-12(16)20-2/h4-6,10,15H,7H2,1-3H3/t10-/m1/s1. The lowest BCUT2D eigenvalue weighted by Gasteiger charge is -2.16. The highest BCUT2D eigenvalue weighted by Gasteiger charge is 2.29. The second-order valence-electron chi connectivity index (χ2n) is 4.39. The van der Waals surface area contributed by atoms with Gasteiger partial charge in [0.2, 0.25) is 10.0 Å². The van der Waals surface area contributed by atoms with Crippen LogP contribution in [0.25, 0.3) is 0 Å². The first-order valence-electron chi connectivity index (χ1n) is 6.14. The largest absolute Gasteiger partial charge is 0.469 e. The molecule has 0 saturated heterocycles. The Balaban J connectivity index is 3.09. The van der Waals surface area contributed by atoms with Crippen molar-refractivity contribution in [1.82, 2.24) is 4.72 Å². The molecule has 122 valence electrons. The maximum absolute atomic E-state index is 12.4. The first-order chi connectivity index (χ1) is 10.2. The summed E-state index contributed by atoms with van der Waals surface area (Å²) in [7, 11) is -1.81. The highest BCUT2D eigenvalue weighted by atomic mass is 35.5. The lowest BCUT2D eigenvalue weighted by molar-refractivity contribution is -0.149. The molecular formula is C13H16ClNO6S. The Morgan fingerprint density at radius 2 is 1.91 bits per heavy atom. The summed E-state index contributed by atoms with van der Waals surface area (Å²) in [6, 6.07) is 2.82. The Morgan fingerprint density at radius 1 is 1.27 bits per heavy atom. The Hall–Kier alpha value is -1.64. The highest BCUT2D eigenvalue weighted by molar-refractivity contribution is 7.89. The van der Waals surface area contributed by atoms with E-state index in [2.05, 4.69) is 14.2 Å². The van der Waals surface area contributed by atoms with Crippen LogP contribution in [-0.4, -0.2) is 40.6 Å². The number of carbonyl (C=O) groups is 2. The van der Waals surface area contributed by atoms with Crippen molar-refractivity contribution in [2.75, 3.05) is 14.2 Å². The van der Waals surface area contributed by atoms with Crippen molar-refractivity contribution in [3.63, 3.8) is 0 Å². The van der Waals surface area contributed by atoms with Crippen molar-refractivity contribution >= 4 is 33.6 Å². The zero-order chi connectivity index (χ0) is 16.9. The fourth-order valence-electron chi connectivity index (χ4n) is 1.73. The van der Waals surface area contributed by atoms with Gasteiger partial charge in [0.05, 0.1) is 25.5 Å². The van der Waals surface area contributed by atoms with Gasteiger partial charge in [0.15, 0.2) is 0 Å². The number of rotatable bonds is 6. The molecule has 0 bridgehead atoms. The monoisotopic (exact) mass is 349 g/mol. The van der Waals surface area contributed by atoms with Crippen LogP contribution in [0.2, 0.25) is 5.02 Å². The van der Waals surface area contributed by atoms with Gasteiger partial charge in [0.25, 0.3) is 0 Å². The number of hydrogen-bond acceptors (Lipinski definition) is 6. The zero-order valence-corrected chi connectivity index (χ0v) is 13.8. The number of sulfonamides is 1. The third-order valence-corrected chi connectivity index (χ3v) is 4.68. The molecule has 1 rings (SSSR count). The molecule has 0 unspecified atom stereocenters. The number of hydrogen-bond donors (Lipinski definition) is 1. The van der Waals surface area contributed by atoms with Gasteiger partial charge in [-0.05, 0) is 30.7 Å². The quantitative estimate of drug-likeness (QED) is 0.770. The molecule has 0 aliphatic rings. The summed E-state index contributed by atoms with van der Waals surface area (Å²) in [5.41, 5.74) is 0.404. The van der Waals surface area contributed by atoms with E-state index in [0.717, 1.165) is 14.2 Å². The fraction of sp³-hybridized carbons (Fsp3) is 0.385. The van der Waals surface area contributed by atoms with Crippen molar-refractivity contribution in [1.29, 1.82) is 0 Å². The molecule has 9 heteroatoms. The first kappa shape index (κ1) is 18.4. The van der Waals surface area contributed by atoms with E-state index >= 15 is 0 Å². The Kier molecular flexibility index (Phi) is 6.34. The van der Waals surface area contributed by atoms with E-state index in [1.165, 1.54) is 18.2 Å². The van der Waals surface area contributed by atoms with Crippen molar-refractivity contribution in [2.45, 2.75) is 24.3 Å². The van der Waals surface area contributed by atoms with Crippen LogP contribution in [0.3, 0.4) is 0 Å². The molecule has 1 aromatic rings. The van der Waals surface area contributed by atoms with Crippen LogP contribution >= 0.6 is 11.6 Å². The molecule has 0 spiro atoms. The predicted molar refractivity (Wildman–Crippen MR) is 78.9 cm³/mol. The second kappa shape index (κ2) is 7.57. The molecule has 0 aromatic heterocycles. The van der Waals surface area contributed by atoms with E-state index in [-0.39, 0.29) is 4.90 Å². The van der Waals surface area contributed by atoms with Crippen LogP contribution in [0.15, 0.2) is 23.1 Å². The van der Waals surface area contributed by atoms with Crippen molar-refractivity contribution in [3.05, 3.63) is 28.8 Å². The van der Waals surface area contributed by atoms with Crippen LogP contribution in [0.5, 0.6) is 0 Å². The maximum atomic E-state index is 12.4. The zero-order valence-electron chi connectivity index (χ0n) is 12.3. The van der Waals surface area contributed by atoms with Crippen molar-refractivity contribution in [3.8, 4) is 0 Å². The number of aryl methyl sites for hydroxylation is 1. The average Bonchev–Trinajstić information content (AvgIpc) is 2.44. The van der Waals surface area contributed by atoms with Gasteiger partial charge in [-0.1, -0.05) is 11.6 Å². The molecule has 0 aliphatic carbocycles. The van der Waals surface area contributed by atoms with Crippen molar-refractivity contribution < 1.29 is 27.5 Å². The molecule has 0 radical (unpaired) electrons. The van der Waals surface area contributed by atoms with Gasteiger partial charge in [-0.15, -0.1) is 0 Å². The molecule has 1 atom stereocenters. The number of halogens is 1. The third-order valence-electron chi connectivity index (χ3n) is 2.81. The molecular weight excluding hydrogens is 334 g/mol. The summed E-state index contributed by atoms with van der Waals surface area (Å²) in [4.78, 5) is 22.9. The minimum atomic E-state index is -4.03. The molecule has 22 heavy (non-hydrogen) atoms. The average molecular weight is 350 g/mol. The van der Waals surface area contributed by atoms with Gasteiger partial charge in [-0.2, -0.15) is 4.72 Å². The van der Waals surface area contributed by atoms with Gasteiger partial charge in [0.1, 0.15) is 6.04 Å². The molecule has 1 N–H and O–H groups in total. The second-order valence-corrected chi connectivity index (χ2v) is 6.51. The first-order valence-corrected chi connectivity index (χ1v) is 8.00. The molecule has 1 aromatic carbocycles. The Morgan fingerprint density at radius 3 is 2.41 bits per heavy atom. The van der Waals surface area contributed by atoms with Gasteiger partial charge in [-0.3, -0.25) is 9.59 Å². The Bertz CT molecular complexity index is 673. The SMILES string of the molecule is COC(=O)C[C@@H](NS(=O)(=O)c1ccc(Cl)cc1C)C(=O)OC. The van der Waals surface area contributed by atoms with E-state index in [0.29, 0.717) is 10.6 Å². The summed E-state index contributed by atoms with van der Waals surface area (Å²) in [5.74, 6) is -1.63. The molecule has 0 amide bonds. The van der Waals surface area contributed by atoms with Gasteiger partial charge in [0, 0.05) is 5.02 Å². The van der Waals surface area contributed by atoms with Crippen LogP contribution in [0.1, 0.15) is 12.0 Å². The van der Waals surface area contributed by atoms with Gasteiger partial charge >= 0.3 is 11.9 Å². The lowest BCUT2D eigenvalue weighted by atomic mass is 10.2. The number of methoxy groups -OCH3 is 2. The summed E-state index contributed by atoms with van der Waals surface area (Å²) in [5, 5.41) is 0.385. The Labute approximate surface area is 133 Å². The summed E-state index contributed by atoms with van der Waals surface area (Å²) < 4.78 is 35.8. The minimum Gasteiger partial charge on any atom is -0.469 e. The third kappa shape index (κ3) is 4.69. The van der Waals surface area contributed by atoms with E-state index in [1.807, 2.05) is 0 Å². The lowest BCUT2D eigenvalue weighted by Crippen LogP contribution is -2.43. The number of ether oxygens (including phenoxy) is 2. The van der Waals surface area contributed by atoms with Crippen LogP contribution in [-0.2, 0) is 29.1 Å². The van der Waals surface area contributed by atoms with E-state index in [4.69, 9.17) is 11.6 Å². The van der Waals surface area contributed by atoms with E-state index in [1.54, 1.807) is 6.92 Å². The van der Waals surface area contributed by atoms with E-state index < -0.39 is 34.4 Å². The normalized spacial score (nSPS) is 12.5. The van der Waals surface area contributed by atoms with Gasteiger partial charge in [-0.25, -0.2) is 8.42 Å². The number of esters is 2. The summed E-state index contributed by atoms with van der Waals surface area (Å²) in [6.45, 7) is 1.56. The van der Waals surface area contributed by atoms with Gasteiger partial charge < -0.3 is 9.47 Å². The molecule has 0 fully saturated rings. The molecule has 0 saturated carbocycles. The van der Waals surface area contributed by atoms with E-state index in [9.17, 15) is 18.0 Å². The predicted octanol–water partition coefficient (Wildman–Crippen LogP) is 1.03. The molecule has 7 nitrogen and oxygen atoms in total. The number of benzene rings is 1. The molecule has 0 heterocycles. The number of carbonyl (C=O) groups excluding carboxylic acids is 2. The van der Waals surface area contributed by atoms with Crippen LogP contribution in [0, 0.1) is 6.92 Å².